The van der Waals surface area contributed by atoms with Gasteiger partial charge in [-0.3, -0.25) is 9.59 Å². The number of rotatable bonds is 8. The molecule has 0 fully saturated rings. The number of hydrogen-bond acceptors (Lipinski definition) is 7. The van der Waals surface area contributed by atoms with Crippen molar-refractivity contribution in [2.45, 2.75) is 33.6 Å². The van der Waals surface area contributed by atoms with E-state index >= 15 is 0 Å². The van der Waals surface area contributed by atoms with E-state index in [4.69, 9.17) is 14.2 Å². The molecule has 0 aliphatic carbocycles. The Morgan fingerprint density at radius 1 is 0.967 bits per heavy atom. The van der Waals surface area contributed by atoms with Crippen LogP contribution < -0.4 is 9.47 Å². The number of esters is 1. The molecular formula is C22H24N2O6. The molecule has 158 valence electrons. The fraction of sp³-hybridized carbons (Fsp3) is 0.364. The molecule has 30 heavy (non-hydrogen) atoms. The zero-order valence-electron chi connectivity index (χ0n) is 17.7. The Kier molecular flexibility index (Phi) is 6.05. The fourth-order valence-corrected chi connectivity index (χ4v) is 3.47. The lowest BCUT2D eigenvalue weighted by Crippen LogP contribution is -2.11. The highest BCUT2D eigenvalue weighted by Gasteiger charge is 2.26. The molecule has 0 atom stereocenters. The zero-order chi connectivity index (χ0) is 22.0. The summed E-state index contributed by atoms with van der Waals surface area (Å²) in [6, 6.07) is 3.11. The quantitative estimate of drug-likeness (QED) is 0.438. The lowest BCUT2D eigenvalue weighted by molar-refractivity contribution is 0.0520. The van der Waals surface area contributed by atoms with E-state index in [0.29, 0.717) is 45.3 Å². The molecule has 1 N–H and O–H groups in total. The summed E-state index contributed by atoms with van der Waals surface area (Å²) >= 11 is 0. The molecule has 0 saturated heterocycles. The van der Waals surface area contributed by atoms with Crippen molar-refractivity contribution in [3.05, 3.63) is 29.1 Å². The van der Waals surface area contributed by atoms with Gasteiger partial charge in [-0.05, 0) is 19.1 Å². The molecule has 0 amide bonds. The van der Waals surface area contributed by atoms with Crippen molar-refractivity contribution >= 4 is 39.3 Å². The third kappa shape index (κ3) is 3.38. The van der Waals surface area contributed by atoms with Gasteiger partial charge in [0.15, 0.2) is 23.1 Å². The van der Waals surface area contributed by atoms with Crippen LogP contribution in [0.5, 0.6) is 11.5 Å². The number of carbonyl (C=O) groups is 3. The first kappa shape index (κ1) is 21.3. The van der Waals surface area contributed by atoms with Crippen molar-refractivity contribution in [1.82, 2.24) is 9.97 Å². The molecule has 1 aromatic carbocycles. The van der Waals surface area contributed by atoms with Gasteiger partial charge in [0.25, 0.3) is 0 Å². The van der Waals surface area contributed by atoms with Gasteiger partial charge in [-0.15, -0.1) is 0 Å². The lowest BCUT2D eigenvalue weighted by Gasteiger charge is -2.16. The number of nitrogens with zero attached hydrogens (tertiary/aromatic N) is 1. The first-order valence-corrected chi connectivity index (χ1v) is 9.76. The van der Waals surface area contributed by atoms with Crippen molar-refractivity contribution in [2.75, 3.05) is 20.8 Å². The molecule has 0 spiro atoms. The van der Waals surface area contributed by atoms with E-state index in [0.717, 1.165) is 0 Å². The second-order valence-corrected chi connectivity index (χ2v) is 6.59. The molecule has 2 aromatic heterocycles. The van der Waals surface area contributed by atoms with Gasteiger partial charge >= 0.3 is 5.97 Å². The van der Waals surface area contributed by atoms with Gasteiger partial charge < -0.3 is 19.2 Å². The number of fused-ring (bicyclic) bond motifs is 3. The van der Waals surface area contributed by atoms with Gasteiger partial charge in [0.05, 0.1) is 31.9 Å². The maximum atomic E-state index is 12.8. The normalized spacial score (nSPS) is 11.0. The van der Waals surface area contributed by atoms with E-state index in [2.05, 4.69) is 9.97 Å². The predicted octanol–water partition coefficient (Wildman–Crippen LogP) is 4.10. The molecule has 8 nitrogen and oxygen atoms in total. The average molecular weight is 412 g/mol. The van der Waals surface area contributed by atoms with Gasteiger partial charge in [-0.25, -0.2) is 9.78 Å². The molecule has 0 aliphatic rings. The number of methoxy groups -OCH3 is 2. The maximum absolute atomic E-state index is 12.8. The van der Waals surface area contributed by atoms with Gasteiger partial charge in [0.2, 0.25) is 0 Å². The van der Waals surface area contributed by atoms with E-state index in [-0.39, 0.29) is 36.0 Å². The van der Waals surface area contributed by atoms with Crippen LogP contribution in [0.3, 0.4) is 0 Å². The van der Waals surface area contributed by atoms with Crippen LogP contribution in [0.4, 0.5) is 0 Å². The minimum atomic E-state index is -0.594. The molecule has 0 radical (unpaired) electrons. The monoisotopic (exact) mass is 412 g/mol. The van der Waals surface area contributed by atoms with E-state index in [9.17, 15) is 14.4 Å². The minimum Gasteiger partial charge on any atom is -0.492 e. The topological polar surface area (TPSA) is 108 Å². The lowest BCUT2D eigenvalue weighted by atomic mass is 9.99. The number of aromatic amines is 1. The average Bonchev–Trinajstić information content (AvgIpc) is 3.21. The second kappa shape index (κ2) is 8.52. The highest BCUT2D eigenvalue weighted by Crippen LogP contribution is 2.44. The molecule has 2 heterocycles. The summed E-state index contributed by atoms with van der Waals surface area (Å²) < 4.78 is 16.2. The largest absolute Gasteiger partial charge is 0.492 e. The van der Waals surface area contributed by atoms with Crippen LogP contribution in [0.1, 0.15) is 64.9 Å². The van der Waals surface area contributed by atoms with Gasteiger partial charge in [0.1, 0.15) is 11.4 Å². The number of benzene rings is 1. The van der Waals surface area contributed by atoms with E-state index < -0.39 is 5.97 Å². The van der Waals surface area contributed by atoms with Crippen molar-refractivity contribution in [1.29, 1.82) is 0 Å². The van der Waals surface area contributed by atoms with E-state index in [1.165, 1.54) is 20.3 Å². The van der Waals surface area contributed by atoms with Crippen molar-refractivity contribution in [3.8, 4) is 11.5 Å². The number of carbonyl (C=O) groups excluding carboxylic acids is 3. The molecule has 3 aromatic rings. The summed E-state index contributed by atoms with van der Waals surface area (Å²) in [4.78, 5) is 45.0. The number of H-pyrrole nitrogens is 1. The Bertz CT molecular complexity index is 1160. The summed E-state index contributed by atoms with van der Waals surface area (Å²) in [5.74, 6) is -0.243. The molecule has 0 aliphatic heterocycles. The predicted molar refractivity (Wildman–Crippen MR) is 112 cm³/mol. The highest BCUT2D eigenvalue weighted by atomic mass is 16.5. The Balaban J connectivity index is 2.54. The molecule has 8 heteroatoms. The van der Waals surface area contributed by atoms with E-state index in [1.807, 2.05) is 0 Å². The Morgan fingerprint density at radius 2 is 1.63 bits per heavy atom. The summed E-state index contributed by atoms with van der Waals surface area (Å²) in [5.41, 5.74) is 1.50. The first-order chi connectivity index (χ1) is 14.4. The SMILES string of the molecule is CCOC(=O)c1cc(C(=O)CC)c2c([nH]1)c(OC)c(OC)c1cc(C(=O)CC)nc12. The zero-order valence-corrected chi connectivity index (χ0v) is 17.7. The van der Waals surface area contributed by atoms with Crippen molar-refractivity contribution in [2.24, 2.45) is 0 Å². The first-order valence-electron chi connectivity index (χ1n) is 9.76. The van der Waals surface area contributed by atoms with Crippen LogP contribution >= 0.6 is 0 Å². The molecular weight excluding hydrogens is 388 g/mol. The van der Waals surface area contributed by atoms with Crippen LogP contribution in [0.15, 0.2) is 12.1 Å². The summed E-state index contributed by atoms with van der Waals surface area (Å²) in [7, 11) is 2.94. The number of hydrogen-bond donors (Lipinski definition) is 1. The summed E-state index contributed by atoms with van der Waals surface area (Å²) in [5, 5.41) is 1.03. The molecule has 0 bridgehead atoms. The second-order valence-electron chi connectivity index (χ2n) is 6.59. The number of ketones is 2. The number of pyridine rings is 1. The fourth-order valence-electron chi connectivity index (χ4n) is 3.47. The minimum absolute atomic E-state index is 0.109. The number of ether oxygens (including phenoxy) is 3. The highest BCUT2D eigenvalue weighted by molar-refractivity contribution is 6.21. The van der Waals surface area contributed by atoms with Gasteiger partial charge in [0, 0.05) is 29.2 Å². The smallest absolute Gasteiger partial charge is 0.354 e. The maximum Gasteiger partial charge on any atom is 0.354 e. The number of Topliss-reactive ketones (excluding diaryl/α,β-unsaturated/α-hetero) is 2. The summed E-state index contributed by atoms with van der Waals surface area (Å²) in [6.45, 7) is 5.37. The van der Waals surface area contributed by atoms with Crippen molar-refractivity contribution in [3.63, 3.8) is 0 Å². The van der Waals surface area contributed by atoms with Gasteiger partial charge in [-0.2, -0.15) is 0 Å². The van der Waals surface area contributed by atoms with Gasteiger partial charge in [-0.1, -0.05) is 13.8 Å². The Morgan fingerprint density at radius 3 is 2.20 bits per heavy atom. The number of aromatic nitrogens is 2. The Hall–Kier alpha value is -3.42. The van der Waals surface area contributed by atoms with Crippen LogP contribution in [-0.4, -0.2) is 48.3 Å². The Labute approximate surface area is 173 Å². The van der Waals surface area contributed by atoms with Crippen LogP contribution in [-0.2, 0) is 4.74 Å². The van der Waals surface area contributed by atoms with Crippen LogP contribution in [0.2, 0.25) is 0 Å². The van der Waals surface area contributed by atoms with Crippen molar-refractivity contribution < 1.29 is 28.6 Å². The molecule has 3 rings (SSSR count). The van der Waals surface area contributed by atoms with E-state index in [1.54, 1.807) is 26.8 Å². The van der Waals surface area contributed by atoms with Crippen LogP contribution in [0.25, 0.3) is 21.8 Å². The molecule has 0 saturated carbocycles. The summed E-state index contributed by atoms with van der Waals surface area (Å²) in [6.07, 6.45) is 0.513. The third-order valence-electron chi connectivity index (χ3n) is 4.88. The third-order valence-corrected chi connectivity index (χ3v) is 4.88. The van der Waals surface area contributed by atoms with Crippen LogP contribution in [0, 0.1) is 0 Å². The standard InChI is InChI=1S/C22H24N2O6/c1-6-15(25)11-9-14(22(27)30-8-3)24-19-17(11)18-12(20(28-4)21(19)29-5)10-13(23-18)16(26)7-2/h9-10,24H,6-8H2,1-5H3. The molecule has 0 unspecified atom stereocenters. The number of nitrogens with one attached hydrogen (secondary N) is 1.